The molecule has 0 aromatic heterocycles. The van der Waals surface area contributed by atoms with Crippen molar-refractivity contribution in [2.45, 2.75) is 12.9 Å². The molecule has 0 fully saturated rings. The smallest absolute Gasteiger partial charge is 0.480 e. The summed E-state index contributed by atoms with van der Waals surface area (Å²) in [7, 11) is 1.50. The van der Waals surface area contributed by atoms with E-state index in [0.29, 0.717) is 0 Å². The molecule has 0 aliphatic rings. The standard InChI is InChI=1S/C11H12F3NO3/c1-15(7-10(16)17)6-8-4-2-3-5-9(8)18-11(12,13)14/h2-5H,6-7H2,1H3,(H,16,17). The average Bonchev–Trinajstić information content (AvgIpc) is 2.17. The second-order valence-corrected chi connectivity index (χ2v) is 3.72. The van der Waals surface area contributed by atoms with Gasteiger partial charge >= 0.3 is 12.3 Å². The topological polar surface area (TPSA) is 49.8 Å². The predicted octanol–water partition coefficient (Wildman–Crippen LogP) is 2.10. The molecule has 0 heterocycles. The lowest BCUT2D eigenvalue weighted by Crippen LogP contribution is -2.26. The Morgan fingerprint density at radius 2 is 2.00 bits per heavy atom. The zero-order chi connectivity index (χ0) is 13.8. The first-order valence-corrected chi connectivity index (χ1v) is 5.02. The number of para-hydroxylation sites is 1. The lowest BCUT2D eigenvalue weighted by Gasteiger charge is -2.17. The van der Waals surface area contributed by atoms with Crippen LogP contribution in [0.15, 0.2) is 24.3 Å². The molecule has 0 bridgehead atoms. The number of ether oxygens (including phenoxy) is 1. The highest BCUT2D eigenvalue weighted by Gasteiger charge is 2.32. The van der Waals surface area contributed by atoms with Crippen LogP contribution < -0.4 is 4.74 Å². The number of aliphatic carboxylic acids is 1. The minimum atomic E-state index is -4.76. The first-order valence-electron chi connectivity index (χ1n) is 5.02. The molecule has 0 aliphatic carbocycles. The Labute approximate surface area is 102 Å². The van der Waals surface area contributed by atoms with Crippen molar-refractivity contribution in [2.75, 3.05) is 13.6 Å². The van der Waals surface area contributed by atoms with Gasteiger partial charge in [0.25, 0.3) is 0 Å². The van der Waals surface area contributed by atoms with E-state index in [1.54, 1.807) is 6.07 Å². The third kappa shape index (κ3) is 5.05. The minimum absolute atomic E-state index is 0.0541. The van der Waals surface area contributed by atoms with Crippen LogP contribution in [0.4, 0.5) is 13.2 Å². The number of benzene rings is 1. The van der Waals surface area contributed by atoms with Gasteiger partial charge < -0.3 is 9.84 Å². The van der Waals surface area contributed by atoms with Crippen molar-refractivity contribution < 1.29 is 27.8 Å². The van der Waals surface area contributed by atoms with E-state index < -0.39 is 12.3 Å². The summed E-state index contributed by atoms with van der Waals surface area (Å²) in [5.74, 6) is -1.37. The zero-order valence-electron chi connectivity index (χ0n) is 9.57. The van der Waals surface area contributed by atoms with Crippen LogP contribution >= 0.6 is 0 Å². The number of hydrogen-bond donors (Lipinski definition) is 1. The molecule has 0 amide bonds. The van der Waals surface area contributed by atoms with Gasteiger partial charge in [-0.3, -0.25) is 9.69 Å². The molecule has 0 aliphatic heterocycles. The van der Waals surface area contributed by atoms with E-state index in [-0.39, 0.29) is 24.4 Å². The largest absolute Gasteiger partial charge is 0.573 e. The van der Waals surface area contributed by atoms with E-state index in [4.69, 9.17) is 5.11 Å². The average molecular weight is 263 g/mol. The van der Waals surface area contributed by atoms with Gasteiger partial charge in [0, 0.05) is 12.1 Å². The molecule has 0 spiro atoms. The zero-order valence-corrected chi connectivity index (χ0v) is 9.57. The Morgan fingerprint density at radius 3 is 2.56 bits per heavy atom. The van der Waals surface area contributed by atoms with Gasteiger partial charge in [-0.25, -0.2) is 0 Å². The van der Waals surface area contributed by atoms with Gasteiger partial charge in [-0.1, -0.05) is 18.2 Å². The van der Waals surface area contributed by atoms with E-state index >= 15 is 0 Å². The molecule has 1 N–H and O–H groups in total. The highest BCUT2D eigenvalue weighted by molar-refractivity contribution is 5.69. The van der Waals surface area contributed by atoms with Crippen LogP contribution in [0.3, 0.4) is 0 Å². The van der Waals surface area contributed by atoms with Crippen molar-refractivity contribution in [2.24, 2.45) is 0 Å². The van der Waals surface area contributed by atoms with Crippen LogP contribution in [0.25, 0.3) is 0 Å². The number of rotatable bonds is 5. The normalized spacial score (nSPS) is 11.6. The van der Waals surface area contributed by atoms with Crippen molar-refractivity contribution in [1.29, 1.82) is 0 Å². The van der Waals surface area contributed by atoms with E-state index in [9.17, 15) is 18.0 Å². The van der Waals surface area contributed by atoms with E-state index in [2.05, 4.69) is 4.74 Å². The predicted molar refractivity (Wildman–Crippen MR) is 57.1 cm³/mol. The summed E-state index contributed by atoms with van der Waals surface area (Å²) in [6, 6.07) is 5.63. The van der Waals surface area contributed by atoms with Crippen LogP contribution in [0.2, 0.25) is 0 Å². The van der Waals surface area contributed by atoms with Crippen molar-refractivity contribution in [1.82, 2.24) is 4.90 Å². The molecule has 1 rings (SSSR count). The summed E-state index contributed by atoms with van der Waals surface area (Å²) in [5.41, 5.74) is 0.276. The molecule has 0 radical (unpaired) electrons. The summed E-state index contributed by atoms with van der Waals surface area (Å²) in [6.07, 6.45) is -4.76. The number of hydrogen-bond acceptors (Lipinski definition) is 3. The maximum Gasteiger partial charge on any atom is 0.573 e. The Balaban J connectivity index is 2.79. The first kappa shape index (κ1) is 14.3. The molecule has 0 saturated carbocycles. The van der Waals surface area contributed by atoms with Gasteiger partial charge in [-0.2, -0.15) is 0 Å². The van der Waals surface area contributed by atoms with E-state index in [0.717, 1.165) is 0 Å². The van der Waals surface area contributed by atoms with Crippen LogP contribution in [0.1, 0.15) is 5.56 Å². The lowest BCUT2D eigenvalue weighted by molar-refractivity contribution is -0.275. The van der Waals surface area contributed by atoms with Crippen molar-refractivity contribution >= 4 is 5.97 Å². The number of alkyl halides is 3. The SMILES string of the molecule is CN(CC(=O)O)Cc1ccccc1OC(F)(F)F. The molecule has 100 valence electrons. The van der Waals surface area contributed by atoms with Crippen LogP contribution in [-0.2, 0) is 11.3 Å². The molecule has 0 unspecified atom stereocenters. The molecular weight excluding hydrogens is 251 g/mol. The summed E-state index contributed by atoms with van der Waals surface area (Å²) < 4.78 is 40.3. The molecule has 1 aromatic rings. The van der Waals surface area contributed by atoms with Gasteiger partial charge in [0.05, 0.1) is 6.54 Å². The fourth-order valence-electron chi connectivity index (χ4n) is 1.44. The summed E-state index contributed by atoms with van der Waals surface area (Å²) >= 11 is 0. The van der Waals surface area contributed by atoms with Crippen LogP contribution in [0, 0.1) is 0 Å². The number of carboxylic acids is 1. The van der Waals surface area contributed by atoms with Crippen molar-refractivity contribution in [3.8, 4) is 5.75 Å². The van der Waals surface area contributed by atoms with Crippen molar-refractivity contribution in [3.63, 3.8) is 0 Å². The fourth-order valence-corrected chi connectivity index (χ4v) is 1.44. The van der Waals surface area contributed by atoms with Gasteiger partial charge in [0.15, 0.2) is 0 Å². The third-order valence-corrected chi connectivity index (χ3v) is 2.04. The number of likely N-dealkylation sites (N-methyl/N-ethyl adjacent to an activating group) is 1. The maximum atomic E-state index is 12.1. The van der Waals surface area contributed by atoms with Gasteiger partial charge in [0.2, 0.25) is 0 Å². The number of halogens is 3. The third-order valence-electron chi connectivity index (χ3n) is 2.04. The van der Waals surface area contributed by atoms with Crippen LogP contribution in [-0.4, -0.2) is 35.9 Å². The molecule has 1 aromatic carbocycles. The van der Waals surface area contributed by atoms with Gasteiger partial charge in [-0.15, -0.1) is 13.2 Å². The second kappa shape index (κ2) is 5.72. The Bertz CT molecular complexity index is 420. The summed E-state index contributed by atoms with van der Waals surface area (Å²) in [4.78, 5) is 11.8. The molecule has 7 heteroatoms. The lowest BCUT2D eigenvalue weighted by atomic mass is 10.2. The molecule has 4 nitrogen and oxygen atoms in total. The maximum absolute atomic E-state index is 12.1. The fraction of sp³-hybridized carbons (Fsp3) is 0.364. The van der Waals surface area contributed by atoms with Crippen LogP contribution in [0.5, 0.6) is 5.75 Å². The Kier molecular flexibility index (Phi) is 4.55. The Morgan fingerprint density at radius 1 is 1.39 bits per heavy atom. The number of carboxylic acid groups (broad SMARTS) is 1. The summed E-state index contributed by atoms with van der Waals surface area (Å²) in [6.45, 7) is -0.209. The monoisotopic (exact) mass is 263 g/mol. The number of carbonyl (C=O) groups is 1. The highest BCUT2D eigenvalue weighted by atomic mass is 19.4. The second-order valence-electron chi connectivity index (χ2n) is 3.72. The molecule has 18 heavy (non-hydrogen) atoms. The molecule has 0 saturated heterocycles. The van der Waals surface area contributed by atoms with Gasteiger partial charge in [0.1, 0.15) is 5.75 Å². The summed E-state index contributed by atoms with van der Waals surface area (Å²) in [5, 5.41) is 8.56. The quantitative estimate of drug-likeness (QED) is 0.883. The minimum Gasteiger partial charge on any atom is -0.480 e. The van der Waals surface area contributed by atoms with E-state index in [1.165, 1.54) is 30.1 Å². The van der Waals surface area contributed by atoms with Crippen molar-refractivity contribution in [3.05, 3.63) is 29.8 Å². The van der Waals surface area contributed by atoms with E-state index in [1.807, 2.05) is 0 Å². The van der Waals surface area contributed by atoms with Gasteiger partial charge in [-0.05, 0) is 13.1 Å². The first-order chi connectivity index (χ1) is 8.28. The Hall–Kier alpha value is -1.76. The molecule has 0 atom stereocenters. The highest BCUT2D eigenvalue weighted by Crippen LogP contribution is 2.26. The molecular formula is C11H12F3NO3. The number of nitrogens with zero attached hydrogens (tertiary/aromatic N) is 1.